The van der Waals surface area contributed by atoms with Crippen LogP contribution in [-0.2, 0) is 11.3 Å². The van der Waals surface area contributed by atoms with Crippen LogP contribution in [0.3, 0.4) is 0 Å². The number of furan rings is 1. The van der Waals surface area contributed by atoms with Crippen molar-refractivity contribution in [1.82, 2.24) is 15.2 Å². The number of amides is 1. The molecule has 0 bridgehead atoms. The van der Waals surface area contributed by atoms with Gasteiger partial charge in [0.2, 0.25) is 5.91 Å². The third-order valence-corrected chi connectivity index (χ3v) is 5.26. The summed E-state index contributed by atoms with van der Waals surface area (Å²) in [6, 6.07) is 8.03. The SMILES string of the molecule is O=C1C[C@@H](c2ccncc2)C2(CCN(Cc3ccco3)CC2)N1. The van der Waals surface area contributed by atoms with Crippen LogP contribution in [0.2, 0.25) is 0 Å². The minimum absolute atomic E-state index is 0.0991. The molecule has 0 aromatic carbocycles. The first kappa shape index (κ1) is 14.5. The molecule has 2 aliphatic heterocycles. The molecule has 4 rings (SSSR count). The number of pyridine rings is 1. The molecule has 0 unspecified atom stereocenters. The van der Waals surface area contributed by atoms with Gasteiger partial charge < -0.3 is 9.73 Å². The third kappa shape index (κ3) is 2.77. The average molecular weight is 311 g/mol. The van der Waals surface area contributed by atoms with Gasteiger partial charge in [-0.2, -0.15) is 0 Å². The van der Waals surface area contributed by atoms with Gasteiger partial charge in [-0.1, -0.05) is 0 Å². The van der Waals surface area contributed by atoms with Crippen molar-refractivity contribution in [3.8, 4) is 0 Å². The highest BCUT2D eigenvalue weighted by molar-refractivity contribution is 5.81. The fourth-order valence-corrected chi connectivity index (χ4v) is 4.04. The molecule has 23 heavy (non-hydrogen) atoms. The second-order valence-electron chi connectivity index (χ2n) is 6.60. The first-order valence-electron chi connectivity index (χ1n) is 8.21. The highest BCUT2D eigenvalue weighted by atomic mass is 16.3. The van der Waals surface area contributed by atoms with E-state index in [2.05, 4.69) is 15.2 Å². The third-order valence-electron chi connectivity index (χ3n) is 5.26. The number of rotatable bonds is 3. The molecule has 2 aromatic rings. The van der Waals surface area contributed by atoms with Gasteiger partial charge in [0, 0.05) is 43.4 Å². The predicted octanol–water partition coefficient (Wildman–Crippen LogP) is 2.31. The lowest BCUT2D eigenvalue weighted by atomic mass is 9.74. The molecular formula is C18H21N3O2. The molecule has 4 heterocycles. The largest absolute Gasteiger partial charge is 0.468 e. The van der Waals surface area contributed by atoms with Crippen LogP contribution >= 0.6 is 0 Å². The van der Waals surface area contributed by atoms with E-state index in [0.29, 0.717) is 6.42 Å². The van der Waals surface area contributed by atoms with Gasteiger partial charge in [-0.15, -0.1) is 0 Å². The van der Waals surface area contributed by atoms with Crippen molar-refractivity contribution in [2.24, 2.45) is 0 Å². The van der Waals surface area contributed by atoms with Crippen LogP contribution in [0.25, 0.3) is 0 Å². The molecule has 0 saturated carbocycles. The van der Waals surface area contributed by atoms with E-state index in [9.17, 15) is 4.79 Å². The fraction of sp³-hybridized carbons (Fsp3) is 0.444. The Morgan fingerprint density at radius 3 is 2.74 bits per heavy atom. The van der Waals surface area contributed by atoms with Crippen LogP contribution in [0.4, 0.5) is 0 Å². The van der Waals surface area contributed by atoms with Gasteiger partial charge in [0.25, 0.3) is 0 Å². The van der Waals surface area contributed by atoms with Crippen LogP contribution in [0, 0.1) is 0 Å². The standard InChI is InChI=1S/C18H21N3O2/c22-17-12-16(14-3-7-19-8-4-14)18(20-17)5-9-21(10-6-18)13-15-2-1-11-23-15/h1-4,7-8,11,16H,5-6,9-10,12-13H2,(H,20,22)/t16-/m0/s1. The Morgan fingerprint density at radius 2 is 2.04 bits per heavy atom. The summed E-state index contributed by atoms with van der Waals surface area (Å²) in [5.74, 6) is 1.43. The van der Waals surface area contributed by atoms with E-state index in [4.69, 9.17) is 4.42 Å². The maximum Gasteiger partial charge on any atom is 0.221 e. The Bertz CT molecular complexity index is 661. The summed E-state index contributed by atoms with van der Waals surface area (Å²) in [7, 11) is 0. The molecule has 2 fully saturated rings. The van der Waals surface area contributed by atoms with Crippen molar-refractivity contribution in [2.75, 3.05) is 13.1 Å². The van der Waals surface area contributed by atoms with Gasteiger partial charge in [0.15, 0.2) is 0 Å². The molecular weight excluding hydrogens is 290 g/mol. The summed E-state index contributed by atoms with van der Waals surface area (Å²) < 4.78 is 5.44. The molecule has 1 N–H and O–H groups in total. The molecule has 2 aliphatic rings. The van der Waals surface area contributed by atoms with E-state index in [1.165, 1.54) is 5.56 Å². The Morgan fingerprint density at radius 1 is 1.26 bits per heavy atom. The van der Waals surface area contributed by atoms with E-state index in [-0.39, 0.29) is 17.4 Å². The van der Waals surface area contributed by atoms with Crippen molar-refractivity contribution >= 4 is 5.91 Å². The number of piperidine rings is 1. The summed E-state index contributed by atoms with van der Waals surface area (Å²) in [5.41, 5.74) is 1.12. The molecule has 1 atom stereocenters. The molecule has 5 nitrogen and oxygen atoms in total. The predicted molar refractivity (Wildman–Crippen MR) is 85.7 cm³/mol. The zero-order chi connectivity index (χ0) is 15.7. The Hall–Kier alpha value is -2.14. The van der Waals surface area contributed by atoms with Gasteiger partial charge >= 0.3 is 0 Å². The summed E-state index contributed by atoms with van der Waals surface area (Å²) in [6.45, 7) is 2.79. The number of carbonyl (C=O) groups is 1. The molecule has 0 aliphatic carbocycles. The summed E-state index contributed by atoms with van der Waals surface area (Å²) in [5, 5.41) is 3.29. The van der Waals surface area contributed by atoms with Crippen molar-refractivity contribution in [3.05, 3.63) is 54.2 Å². The number of nitrogens with zero attached hydrogens (tertiary/aromatic N) is 2. The highest BCUT2D eigenvalue weighted by Crippen LogP contribution is 2.43. The van der Waals surface area contributed by atoms with E-state index in [1.807, 2.05) is 36.7 Å². The molecule has 2 saturated heterocycles. The Kier molecular flexibility index (Phi) is 3.65. The van der Waals surface area contributed by atoms with Crippen molar-refractivity contribution in [1.29, 1.82) is 0 Å². The summed E-state index contributed by atoms with van der Waals surface area (Å²) in [4.78, 5) is 18.6. The van der Waals surface area contributed by atoms with Crippen molar-refractivity contribution < 1.29 is 9.21 Å². The lowest BCUT2D eigenvalue weighted by Crippen LogP contribution is -2.53. The second kappa shape index (κ2) is 5.81. The average Bonchev–Trinajstić information content (AvgIpc) is 3.19. The topological polar surface area (TPSA) is 58.4 Å². The van der Waals surface area contributed by atoms with E-state index in [0.717, 1.165) is 38.2 Å². The Labute approximate surface area is 135 Å². The van der Waals surface area contributed by atoms with Crippen LogP contribution in [-0.4, -0.2) is 34.4 Å². The minimum Gasteiger partial charge on any atom is -0.468 e. The number of nitrogens with one attached hydrogen (secondary N) is 1. The molecule has 5 heteroatoms. The van der Waals surface area contributed by atoms with Crippen LogP contribution in [0.1, 0.15) is 36.5 Å². The van der Waals surface area contributed by atoms with Crippen LogP contribution < -0.4 is 5.32 Å². The molecule has 1 spiro atoms. The second-order valence-corrected chi connectivity index (χ2v) is 6.60. The summed E-state index contributed by atoms with van der Waals surface area (Å²) >= 11 is 0. The van der Waals surface area contributed by atoms with Crippen LogP contribution in [0.5, 0.6) is 0 Å². The Balaban J connectivity index is 1.49. The van der Waals surface area contributed by atoms with Gasteiger partial charge in [-0.3, -0.25) is 14.7 Å². The number of carbonyl (C=O) groups excluding carboxylic acids is 1. The minimum atomic E-state index is -0.0991. The molecule has 2 aromatic heterocycles. The maximum atomic E-state index is 12.1. The molecule has 120 valence electrons. The van der Waals surface area contributed by atoms with Crippen molar-refractivity contribution in [3.63, 3.8) is 0 Å². The van der Waals surface area contributed by atoms with E-state index >= 15 is 0 Å². The van der Waals surface area contributed by atoms with Crippen molar-refractivity contribution in [2.45, 2.75) is 37.3 Å². The number of hydrogen-bond donors (Lipinski definition) is 1. The highest BCUT2D eigenvalue weighted by Gasteiger charge is 2.48. The van der Waals surface area contributed by atoms with Gasteiger partial charge in [0.1, 0.15) is 5.76 Å². The monoisotopic (exact) mass is 311 g/mol. The normalized spacial score (nSPS) is 24.0. The smallest absolute Gasteiger partial charge is 0.221 e. The molecule has 1 amide bonds. The maximum absolute atomic E-state index is 12.1. The lowest BCUT2D eigenvalue weighted by molar-refractivity contribution is -0.120. The summed E-state index contributed by atoms with van der Waals surface area (Å²) in [6.07, 6.45) is 7.90. The molecule has 0 radical (unpaired) electrons. The van der Waals surface area contributed by atoms with Gasteiger partial charge in [-0.05, 0) is 42.7 Å². The van der Waals surface area contributed by atoms with E-state index in [1.54, 1.807) is 6.26 Å². The first-order valence-corrected chi connectivity index (χ1v) is 8.21. The zero-order valence-corrected chi connectivity index (χ0v) is 13.1. The van der Waals surface area contributed by atoms with E-state index < -0.39 is 0 Å². The first-order chi connectivity index (χ1) is 11.3. The number of aromatic nitrogens is 1. The lowest BCUT2D eigenvalue weighted by Gasteiger charge is -2.42. The zero-order valence-electron chi connectivity index (χ0n) is 13.1. The van der Waals surface area contributed by atoms with Crippen LogP contribution in [0.15, 0.2) is 47.3 Å². The quantitative estimate of drug-likeness (QED) is 0.945. The number of hydrogen-bond acceptors (Lipinski definition) is 4. The van der Waals surface area contributed by atoms with Gasteiger partial charge in [0.05, 0.1) is 12.8 Å². The fourth-order valence-electron chi connectivity index (χ4n) is 4.04. The number of likely N-dealkylation sites (tertiary alicyclic amines) is 1. The van der Waals surface area contributed by atoms with Gasteiger partial charge in [-0.25, -0.2) is 0 Å².